The molecule has 3 atom stereocenters. The maximum Gasteiger partial charge on any atom is 0.416 e. The van der Waals surface area contributed by atoms with E-state index in [9.17, 15) is 31.1 Å². The van der Waals surface area contributed by atoms with E-state index in [1.165, 1.54) is 6.92 Å². The molecule has 3 N–H and O–H groups in total. The minimum Gasteiger partial charge on any atom is -0.372 e. The molecule has 34 heavy (non-hydrogen) atoms. The van der Waals surface area contributed by atoms with Crippen LogP contribution in [0.5, 0.6) is 0 Å². The highest BCUT2D eigenvalue weighted by atomic mass is 19.4. The minimum atomic E-state index is -4.94. The van der Waals surface area contributed by atoms with E-state index in [2.05, 4.69) is 5.32 Å². The van der Waals surface area contributed by atoms with Gasteiger partial charge in [0, 0.05) is 6.54 Å². The standard InChI is InChI=1S/C24H28F6N2O2/c1-3-7-17(22(31)33)13-32-21(16-8-5-4-6-9-16)14-34-15(2)18-10-19(23(25,26)27)12-20(11-18)24(28,29)30/h4-6,8-12,15,17,21,32H,3,7,13-14H2,1-2H3,(H2,31,33)/t15?,17?,21-/m1/s1. The minimum absolute atomic E-state index is 0.0552. The second kappa shape index (κ2) is 11.7. The Hall–Kier alpha value is -2.59. The van der Waals surface area contributed by atoms with Gasteiger partial charge < -0.3 is 15.8 Å². The summed E-state index contributed by atoms with van der Waals surface area (Å²) in [5.41, 5.74) is 3.21. The number of amides is 1. The first-order valence-electron chi connectivity index (χ1n) is 10.8. The normalized spacial score (nSPS) is 15.1. The lowest BCUT2D eigenvalue weighted by molar-refractivity contribution is -0.143. The highest BCUT2D eigenvalue weighted by Gasteiger charge is 2.37. The number of halogens is 6. The molecule has 0 saturated heterocycles. The molecule has 1 amide bonds. The lowest BCUT2D eigenvalue weighted by Gasteiger charge is -2.25. The van der Waals surface area contributed by atoms with Crippen molar-refractivity contribution in [2.24, 2.45) is 11.7 Å². The molecule has 2 aromatic carbocycles. The number of hydrogen-bond donors (Lipinski definition) is 2. The predicted octanol–water partition coefficient (Wildman–Crippen LogP) is 6.03. The van der Waals surface area contributed by atoms with Crippen LogP contribution in [0.3, 0.4) is 0 Å². The van der Waals surface area contributed by atoms with Crippen molar-refractivity contribution in [3.63, 3.8) is 0 Å². The number of primary amides is 1. The van der Waals surface area contributed by atoms with E-state index in [4.69, 9.17) is 10.5 Å². The van der Waals surface area contributed by atoms with Gasteiger partial charge in [0.1, 0.15) is 0 Å². The Kier molecular flexibility index (Phi) is 9.52. The van der Waals surface area contributed by atoms with Gasteiger partial charge >= 0.3 is 12.4 Å². The fraction of sp³-hybridized carbons (Fsp3) is 0.458. The van der Waals surface area contributed by atoms with Gasteiger partial charge in [-0.25, -0.2) is 0 Å². The Morgan fingerprint density at radius 1 is 0.971 bits per heavy atom. The Balaban J connectivity index is 2.23. The third-order valence-corrected chi connectivity index (χ3v) is 5.44. The Morgan fingerprint density at radius 2 is 1.53 bits per heavy atom. The van der Waals surface area contributed by atoms with Crippen LogP contribution < -0.4 is 11.1 Å². The Morgan fingerprint density at radius 3 is 2.00 bits per heavy atom. The van der Waals surface area contributed by atoms with Gasteiger partial charge in [0.2, 0.25) is 5.91 Å². The summed E-state index contributed by atoms with van der Waals surface area (Å²) < 4.78 is 84.8. The molecule has 0 heterocycles. The lowest BCUT2D eigenvalue weighted by Crippen LogP contribution is -2.36. The lowest BCUT2D eigenvalue weighted by atomic mass is 10.0. The summed E-state index contributed by atoms with van der Waals surface area (Å²) in [6.07, 6.45) is -9.61. The monoisotopic (exact) mass is 490 g/mol. The molecule has 0 spiro atoms. The van der Waals surface area contributed by atoms with E-state index in [-0.39, 0.29) is 24.8 Å². The highest BCUT2D eigenvalue weighted by molar-refractivity contribution is 5.76. The fourth-order valence-corrected chi connectivity index (χ4v) is 3.49. The summed E-state index contributed by atoms with van der Waals surface area (Å²) in [5.74, 6) is -0.884. The molecule has 0 aliphatic rings. The van der Waals surface area contributed by atoms with Crippen molar-refractivity contribution in [1.82, 2.24) is 5.32 Å². The zero-order valence-corrected chi connectivity index (χ0v) is 18.8. The summed E-state index contributed by atoms with van der Waals surface area (Å²) in [6.45, 7) is 3.50. The predicted molar refractivity (Wildman–Crippen MR) is 116 cm³/mol. The van der Waals surface area contributed by atoms with Gasteiger partial charge in [-0.2, -0.15) is 26.3 Å². The van der Waals surface area contributed by atoms with Crippen LogP contribution in [0.15, 0.2) is 48.5 Å². The average molecular weight is 490 g/mol. The third kappa shape index (κ3) is 8.02. The summed E-state index contributed by atoms with van der Waals surface area (Å²) in [4.78, 5) is 11.7. The fourth-order valence-electron chi connectivity index (χ4n) is 3.49. The van der Waals surface area contributed by atoms with Gasteiger partial charge in [-0.1, -0.05) is 43.7 Å². The van der Waals surface area contributed by atoms with Crippen LogP contribution in [0.25, 0.3) is 0 Å². The maximum absolute atomic E-state index is 13.2. The highest BCUT2D eigenvalue weighted by Crippen LogP contribution is 2.38. The number of carbonyl (C=O) groups excluding carboxylic acids is 1. The molecular weight excluding hydrogens is 462 g/mol. The van der Waals surface area contributed by atoms with E-state index in [1.807, 2.05) is 6.92 Å². The van der Waals surface area contributed by atoms with Crippen LogP contribution >= 0.6 is 0 Å². The smallest absolute Gasteiger partial charge is 0.372 e. The number of nitrogens with one attached hydrogen (secondary N) is 1. The molecule has 0 saturated carbocycles. The Labute approximate surface area is 194 Å². The van der Waals surface area contributed by atoms with Gasteiger partial charge in [-0.3, -0.25) is 4.79 Å². The second-order valence-corrected chi connectivity index (χ2v) is 8.07. The van der Waals surface area contributed by atoms with Gasteiger partial charge in [0.15, 0.2) is 0 Å². The number of rotatable bonds is 11. The zero-order chi connectivity index (χ0) is 25.5. The summed E-state index contributed by atoms with van der Waals surface area (Å²) in [5, 5.41) is 3.19. The van der Waals surface area contributed by atoms with Crippen molar-refractivity contribution in [2.75, 3.05) is 13.2 Å². The van der Waals surface area contributed by atoms with Crippen molar-refractivity contribution in [1.29, 1.82) is 0 Å². The van der Waals surface area contributed by atoms with E-state index >= 15 is 0 Å². The quantitative estimate of drug-likeness (QED) is 0.378. The molecule has 0 radical (unpaired) electrons. The summed E-state index contributed by atoms with van der Waals surface area (Å²) in [6, 6.07) is 9.92. The molecule has 0 aromatic heterocycles. The molecular formula is C24H28F6N2O2. The van der Waals surface area contributed by atoms with Crippen LogP contribution in [0.4, 0.5) is 26.3 Å². The largest absolute Gasteiger partial charge is 0.416 e. The number of alkyl halides is 6. The second-order valence-electron chi connectivity index (χ2n) is 8.07. The van der Waals surface area contributed by atoms with Crippen LogP contribution in [0.1, 0.15) is 61.1 Å². The van der Waals surface area contributed by atoms with Crippen LogP contribution in [0.2, 0.25) is 0 Å². The number of benzene rings is 2. The molecule has 10 heteroatoms. The molecule has 2 aromatic rings. The molecule has 0 fully saturated rings. The van der Waals surface area contributed by atoms with Crippen molar-refractivity contribution < 1.29 is 35.9 Å². The number of ether oxygens (including phenoxy) is 1. The van der Waals surface area contributed by atoms with E-state index in [0.29, 0.717) is 18.6 Å². The van der Waals surface area contributed by atoms with E-state index in [1.54, 1.807) is 30.3 Å². The first-order chi connectivity index (χ1) is 15.8. The number of hydrogen-bond acceptors (Lipinski definition) is 3. The van der Waals surface area contributed by atoms with Crippen molar-refractivity contribution >= 4 is 5.91 Å². The van der Waals surface area contributed by atoms with Crippen molar-refractivity contribution in [3.8, 4) is 0 Å². The SMILES string of the molecule is CCCC(CN[C@H](COC(C)c1cc(C(F)(F)F)cc(C(F)(F)F)c1)c1ccccc1)C(N)=O. The molecule has 188 valence electrons. The summed E-state index contributed by atoms with van der Waals surface area (Å²) in [7, 11) is 0. The van der Waals surface area contributed by atoms with E-state index in [0.717, 1.165) is 12.0 Å². The molecule has 2 unspecified atom stereocenters. The average Bonchev–Trinajstić information content (AvgIpc) is 2.77. The van der Waals surface area contributed by atoms with Gasteiger partial charge in [-0.15, -0.1) is 0 Å². The van der Waals surface area contributed by atoms with Crippen molar-refractivity contribution in [2.45, 2.75) is 51.2 Å². The van der Waals surface area contributed by atoms with Crippen LogP contribution in [-0.2, 0) is 21.9 Å². The first-order valence-corrected chi connectivity index (χ1v) is 10.8. The molecule has 0 aliphatic carbocycles. The van der Waals surface area contributed by atoms with Crippen molar-refractivity contribution in [3.05, 3.63) is 70.8 Å². The topological polar surface area (TPSA) is 64.3 Å². The zero-order valence-electron chi connectivity index (χ0n) is 18.8. The number of nitrogens with two attached hydrogens (primary N) is 1. The van der Waals surface area contributed by atoms with Crippen LogP contribution in [-0.4, -0.2) is 19.1 Å². The Bertz CT molecular complexity index is 899. The molecule has 0 bridgehead atoms. The summed E-state index contributed by atoms with van der Waals surface area (Å²) >= 11 is 0. The van der Waals surface area contributed by atoms with E-state index < -0.39 is 47.5 Å². The number of carbonyl (C=O) groups is 1. The van der Waals surface area contributed by atoms with Gasteiger partial charge in [0.05, 0.1) is 35.8 Å². The maximum atomic E-state index is 13.2. The third-order valence-electron chi connectivity index (χ3n) is 5.44. The van der Waals surface area contributed by atoms with Gasteiger partial charge in [-0.05, 0) is 42.7 Å². The van der Waals surface area contributed by atoms with Crippen LogP contribution in [0, 0.1) is 5.92 Å². The molecule has 0 aliphatic heterocycles. The molecule has 4 nitrogen and oxygen atoms in total. The molecule has 2 rings (SSSR count). The first kappa shape index (κ1) is 27.7. The van der Waals surface area contributed by atoms with Gasteiger partial charge in [0.25, 0.3) is 0 Å².